The van der Waals surface area contributed by atoms with Gasteiger partial charge >= 0.3 is 0 Å². The molecular weight excluding hydrogens is 444 g/mol. The molecule has 4 rings (SSSR count). The van der Waals surface area contributed by atoms with E-state index in [0.29, 0.717) is 12.1 Å². The second kappa shape index (κ2) is 15.0. The van der Waals surface area contributed by atoms with Crippen LogP contribution in [-0.4, -0.2) is 34.0 Å². The van der Waals surface area contributed by atoms with Crippen LogP contribution in [0.4, 0.5) is 0 Å². The van der Waals surface area contributed by atoms with Gasteiger partial charge in [-0.05, 0) is 26.9 Å². The van der Waals surface area contributed by atoms with Gasteiger partial charge in [-0.2, -0.15) is 0 Å². The summed E-state index contributed by atoms with van der Waals surface area (Å²) in [5, 5.41) is 6.69. The Labute approximate surface area is 216 Å². The molecule has 0 amide bonds. The molecule has 0 spiro atoms. The van der Waals surface area contributed by atoms with Gasteiger partial charge in [0.05, 0.1) is 23.8 Å². The molecule has 0 aliphatic rings. The third-order valence-corrected chi connectivity index (χ3v) is 6.43. The minimum absolute atomic E-state index is 0.370. The standard InChI is InChI=1S/2C15H21N3/c2*1-3-4-10-13(16-2)14-11-17-15(18-14)12-8-6-5-7-9-12/h2*5-9,11,13,16H,3-4,10H2,1-2H3,(H,17,18). The Morgan fingerprint density at radius 3 is 1.36 bits per heavy atom. The zero-order valence-corrected chi connectivity index (χ0v) is 22.2. The Bertz CT molecular complexity index is 1010. The number of benzene rings is 2. The van der Waals surface area contributed by atoms with Crippen LogP contribution in [0, 0.1) is 0 Å². The number of hydrogen-bond donors (Lipinski definition) is 4. The predicted molar refractivity (Wildman–Crippen MR) is 151 cm³/mol. The lowest BCUT2D eigenvalue weighted by molar-refractivity contribution is 0.513. The highest BCUT2D eigenvalue weighted by molar-refractivity contribution is 5.55. The third kappa shape index (κ3) is 7.90. The number of hydrogen-bond acceptors (Lipinski definition) is 4. The fourth-order valence-electron chi connectivity index (χ4n) is 4.24. The number of imidazole rings is 2. The van der Waals surface area contributed by atoms with Crippen LogP contribution in [-0.2, 0) is 0 Å². The van der Waals surface area contributed by atoms with Gasteiger partial charge in [0, 0.05) is 23.2 Å². The van der Waals surface area contributed by atoms with Crippen molar-refractivity contribution in [3.05, 3.63) is 84.4 Å². The van der Waals surface area contributed by atoms with Crippen molar-refractivity contribution in [2.75, 3.05) is 14.1 Å². The number of nitrogens with zero attached hydrogens (tertiary/aromatic N) is 2. The van der Waals surface area contributed by atoms with Gasteiger partial charge in [-0.15, -0.1) is 0 Å². The minimum Gasteiger partial charge on any atom is -0.341 e. The second-order valence-corrected chi connectivity index (χ2v) is 9.07. The summed E-state index contributed by atoms with van der Waals surface area (Å²) in [7, 11) is 4.01. The molecule has 0 fully saturated rings. The molecule has 0 saturated carbocycles. The highest BCUT2D eigenvalue weighted by atomic mass is 15.0. The SMILES string of the molecule is CCCCC(NC)c1cnc(-c2ccccc2)[nH]1.CCCCC(NC)c1cnc(-c2ccccc2)[nH]1. The molecule has 4 aromatic rings. The molecule has 0 bridgehead atoms. The lowest BCUT2D eigenvalue weighted by Crippen LogP contribution is -2.16. The van der Waals surface area contributed by atoms with Crippen molar-refractivity contribution in [2.24, 2.45) is 0 Å². The fraction of sp³-hybridized carbons (Fsp3) is 0.400. The number of rotatable bonds is 12. The summed E-state index contributed by atoms with van der Waals surface area (Å²) in [4.78, 5) is 15.8. The highest BCUT2D eigenvalue weighted by Gasteiger charge is 2.13. The number of unbranched alkanes of at least 4 members (excludes halogenated alkanes) is 2. The quantitative estimate of drug-likeness (QED) is 0.173. The molecule has 4 N–H and O–H groups in total. The van der Waals surface area contributed by atoms with E-state index in [1.54, 1.807) is 0 Å². The van der Waals surface area contributed by atoms with E-state index in [0.717, 1.165) is 35.6 Å². The highest BCUT2D eigenvalue weighted by Crippen LogP contribution is 2.22. The molecule has 0 aliphatic heterocycles. The number of aromatic amines is 2. The molecular formula is C30H42N6. The molecule has 6 nitrogen and oxygen atoms in total. The Balaban J connectivity index is 0.000000201. The lowest BCUT2D eigenvalue weighted by atomic mass is 10.1. The summed E-state index contributed by atoms with van der Waals surface area (Å²) in [6.45, 7) is 4.43. The van der Waals surface area contributed by atoms with Crippen molar-refractivity contribution in [1.82, 2.24) is 30.6 Å². The van der Waals surface area contributed by atoms with E-state index in [2.05, 4.69) is 68.7 Å². The van der Waals surface area contributed by atoms with Crippen molar-refractivity contribution in [1.29, 1.82) is 0 Å². The molecule has 0 saturated heterocycles. The monoisotopic (exact) mass is 486 g/mol. The molecule has 2 aromatic heterocycles. The summed E-state index contributed by atoms with van der Waals surface area (Å²) in [6, 6.07) is 21.2. The molecule has 2 aromatic carbocycles. The maximum atomic E-state index is 4.47. The average molecular weight is 487 g/mol. The first kappa shape index (κ1) is 27.4. The van der Waals surface area contributed by atoms with Crippen molar-refractivity contribution >= 4 is 0 Å². The zero-order valence-electron chi connectivity index (χ0n) is 22.2. The summed E-state index contributed by atoms with van der Waals surface area (Å²) in [5.74, 6) is 1.89. The Morgan fingerprint density at radius 2 is 1.03 bits per heavy atom. The van der Waals surface area contributed by atoms with E-state index in [1.165, 1.54) is 37.1 Å². The van der Waals surface area contributed by atoms with Gasteiger partial charge in [0.2, 0.25) is 0 Å². The maximum absolute atomic E-state index is 4.47. The molecule has 2 heterocycles. The summed E-state index contributed by atoms with van der Waals surface area (Å²) in [5.41, 5.74) is 4.61. The molecule has 0 aliphatic carbocycles. The van der Waals surface area contributed by atoms with Crippen molar-refractivity contribution in [2.45, 2.75) is 64.5 Å². The van der Waals surface area contributed by atoms with E-state index in [9.17, 15) is 0 Å². The van der Waals surface area contributed by atoms with Gasteiger partial charge < -0.3 is 20.6 Å². The van der Waals surface area contributed by atoms with E-state index in [4.69, 9.17) is 0 Å². The van der Waals surface area contributed by atoms with Gasteiger partial charge in [0.15, 0.2) is 0 Å². The van der Waals surface area contributed by atoms with Crippen LogP contribution in [0.2, 0.25) is 0 Å². The largest absolute Gasteiger partial charge is 0.341 e. The Morgan fingerprint density at radius 1 is 0.639 bits per heavy atom. The first-order valence-electron chi connectivity index (χ1n) is 13.2. The van der Waals surface area contributed by atoms with Crippen LogP contribution in [0.3, 0.4) is 0 Å². The minimum atomic E-state index is 0.370. The topological polar surface area (TPSA) is 81.4 Å². The Kier molecular flexibility index (Phi) is 11.4. The van der Waals surface area contributed by atoms with Gasteiger partial charge in [-0.1, -0.05) is 100 Å². The number of H-pyrrole nitrogens is 2. The predicted octanol–water partition coefficient (Wildman–Crippen LogP) is 7.05. The molecule has 2 atom stereocenters. The van der Waals surface area contributed by atoms with Gasteiger partial charge in [0.25, 0.3) is 0 Å². The van der Waals surface area contributed by atoms with Crippen LogP contribution >= 0.6 is 0 Å². The normalized spacial score (nSPS) is 12.6. The number of aromatic nitrogens is 4. The van der Waals surface area contributed by atoms with Crippen molar-refractivity contribution in [3.8, 4) is 22.8 Å². The number of nitrogens with one attached hydrogen (secondary N) is 4. The lowest BCUT2D eigenvalue weighted by Gasteiger charge is -2.13. The smallest absolute Gasteiger partial charge is 0.137 e. The van der Waals surface area contributed by atoms with Gasteiger partial charge in [0.1, 0.15) is 11.6 Å². The van der Waals surface area contributed by atoms with Crippen LogP contribution in [0.1, 0.15) is 75.8 Å². The van der Waals surface area contributed by atoms with Gasteiger partial charge in [-0.25, -0.2) is 9.97 Å². The Hall–Kier alpha value is -3.22. The van der Waals surface area contributed by atoms with E-state index in [-0.39, 0.29) is 0 Å². The molecule has 0 radical (unpaired) electrons. The summed E-state index contributed by atoms with van der Waals surface area (Å²) < 4.78 is 0. The van der Waals surface area contributed by atoms with Crippen LogP contribution < -0.4 is 10.6 Å². The fourth-order valence-corrected chi connectivity index (χ4v) is 4.24. The van der Waals surface area contributed by atoms with Crippen LogP contribution in [0.5, 0.6) is 0 Å². The summed E-state index contributed by atoms with van der Waals surface area (Å²) >= 11 is 0. The first-order chi connectivity index (χ1) is 17.7. The van der Waals surface area contributed by atoms with E-state index < -0.39 is 0 Å². The maximum Gasteiger partial charge on any atom is 0.137 e. The van der Waals surface area contributed by atoms with E-state index in [1.807, 2.05) is 62.9 Å². The van der Waals surface area contributed by atoms with Crippen LogP contribution in [0.15, 0.2) is 73.1 Å². The second-order valence-electron chi connectivity index (χ2n) is 9.07. The molecule has 192 valence electrons. The van der Waals surface area contributed by atoms with E-state index >= 15 is 0 Å². The summed E-state index contributed by atoms with van der Waals surface area (Å²) in [6.07, 6.45) is 11.1. The zero-order chi connectivity index (χ0) is 25.6. The molecule has 6 heteroatoms. The molecule has 2 unspecified atom stereocenters. The van der Waals surface area contributed by atoms with Crippen molar-refractivity contribution in [3.63, 3.8) is 0 Å². The first-order valence-corrected chi connectivity index (χ1v) is 13.2. The molecule has 36 heavy (non-hydrogen) atoms. The van der Waals surface area contributed by atoms with Crippen LogP contribution in [0.25, 0.3) is 22.8 Å². The average Bonchev–Trinajstić information content (AvgIpc) is 3.62. The third-order valence-electron chi connectivity index (χ3n) is 6.43. The van der Waals surface area contributed by atoms with Crippen molar-refractivity contribution < 1.29 is 0 Å². The van der Waals surface area contributed by atoms with Gasteiger partial charge in [-0.3, -0.25) is 0 Å².